The highest BCUT2D eigenvalue weighted by Crippen LogP contribution is 2.39. The van der Waals surface area contributed by atoms with E-state index in [1.54, 1.807) is 0 Å². The van der Waals surface area contributed by atoms with Gasteiger partial charge in [0.15, 0.2) is 0 Å². The molecule has 0 radical (unpaired) electrons. The molecule has 1 aromatic heterocycles. The van der Waals surface area contributed by atoms with Gasteiger partial charge in [-0.2, -0.15) is 0 Å². The number of rotatable bonds is 3. The van der Waals surface area contributed by atoms with Crippen LogP contribution in [-0.2, 0) is 6.42 Å². The van der Waals surface area contributed by atoms with Crippen molar-refractivity contribution in [3.05, 3.63) is 70.2 Å². The van der Waals surface area contributed by atoms with Crippen LogP contribution in [0, 0.1) is 0 Å². The quantitative estimate of drug-likeness (QED) is 0.782. The molecule has 0 amide bonds. The van der Waals surface area contributed by atoms with Crippen LogP contribution in [0.5, 0.6) is 0 Å². The Hall–Kier alpha value is -2.40. The molecule has 1 aliphatic rings. The number of tetrazole rings is 1. The third-order valence-electron chi connectivity index (χ3n) is 4.60. The van der Waals surface area contributed by atoms with Gasteiger partial charge < -0.3 is 5.32 Å². The first kappa shape index (κ1) is 15.1. The molecule has 0 spiro atoms. The number of hydrogen-bond acceptors (Lipinski definition) is 4. The van der Waals surface area contributed by atoms with Gasteiger partial charge in [-0.3, -0.25) is 0 Å². The Morgan fingerprint density at radius 1 is 1.17 bits per heavy atom. The highest BCUT2D eigenvalue weighted by molar-refractivity contribution is 6.31. The van der Waals surface area contributed by atoms with Gasteiger partial charge in [-0.05, 0) is 46.0 Å². The van der Waals surface area contributed by atoms with Crippen molar-refractivity contribution in [2.24, 2.45) is 0 Å². The zero-order valence-corrected chi connectivity index (χ0v) is 14.1. The van der Waals surface area contributed by atoms with Crippen molar-refractivity contribution in [2.45, 2.75) is 31.8 Å². The van der Waals surface area contributed by atoms with Gasteiger partial charge in [0.1, 0.15) is 0 Å². The fourth-order valence-corrected chi connectivity index (χ4v) is 3.51. The topological polar surface area (TPSA) is 55.6 Å². The fraction of sp³-hybridized carbons (Fsp3) is 0.278. The Balaban J connectivity index is 1.72. The number of fused-ring (bicyclic) bond motifs is 1. The summed E-state index contributed by atoms with van der Waals surface area (Å²) in [6, 6.07) is 16.8. The van der Waals surface area contributed by atoms with Crippen LogP contribution in [0.1, 0.15) is 42.1 Å². The summed E-state index contributed by atoms with van der Waals surface area (Å²) in [5, 5.41) is 16.3. The standard InChI is InChI=1S/C18H18ClN5/c1-2-12-7-9-13(10-8-12)16-11-17(14-5-3-4-6-15(14)19)24-18(20-16)21-22-23-24/h3-10,16-17H,2,11H2,1H3,(H,20,21,23)/t16-,17+/m0/s1. The van der Waals surface area contributed by atoms with E-state index >= 15 is 0 Å². The predicted molar refractivity (Wildman–Crippen MR) is 94.2 cm³/mol. The number of anilines is 1. The van der Waals surface area contributed by atoms with Crippen LogP contribution in [0.15, 0.2) is 48.5 Å². The molecule has 4 rings (SSSR count). The highest BCUT2D eigenvalue weighted by Gasteiger charge is 2.31. The van der Waals surface area contributed by atoms with Crippen molar-refractivity contribution >= 4 is 17.5 Å². The second-order valence-electron chi connectivity index (χ2n) is 6.01. The summed E-state index contributed by atoms with van der Waals surface area (Å²) in [6.07, 6.45) is 1.88. The first-order valence-corrected chi connectivity index (χ1v) is 8.51. The first-order valence-electron chi connectivity index (χ1n) is 8.14. The molecule has 2 heterocycles. The lowest BCUT2D eigenvalue weighted by Gasteiger charge is -2.31. The van der Waals surface area contributed by atoms with E-state index in [9.17, 15) is 0 Å². The van der Waals surface area contributed by atoms with Crippen LogP contribution in [0.2, 0.25) is 5.02 Å². The Morgan fingerprint density at radius 3 is 2.71 bits per heavy atom. The molecule has 24 heavy (non-hydrogen) atoms. The Kier molecular flexibility index (Phi) is 3.94. The summed E-state index contributed by atoms with van der Waals surface area (Å²) in [5.41, 5.74) is 3.62. The molecule has 0 aliphatic carbocycles. The maximum absolute atomic E-state index is 6.42. The molecule has 0 unspecified atom stereocenters. The molecule has 5 nitrogen and oxygen atoms in total. The average molecular weight is 340 g/mol. The molecule has 0 saturated heterocycles. The van der Waals surface area contributed by atoms with E-state index < -0.39 is 0 Å². The molecule has 0 saturated carbocycles. The van der Waals surface area contributed by atoms with E-state index in [1.807, 2.05) is 28.9 Å². The van der Waals surface area contributed by atoms with Crippen LogP contribution in [0.4, 0.5) is 5.95 Å². The molecule has 1 aliphatic heterocycles. The molecule has 2 aromatic carbocycles. The number of nitrogens with zero attached hydrogens (tertiary/aromatic N) is 4. The highest BCUT2D eigenvalue weighted by atomic mass is 35.5. The number of nitrogens with one attached hydrogen (secondary N) is 1. The first-order chi connectivity index (χ1) is 11.8. The lowest BCUT2D eigenvalue weighted by atomic mass is 9.93. The fourth-order valence-electron chi connectivity index (χ4n) is 3.25. The number of hydrogen-bond donors (Lipinski definition) is 1. The van der Waals surface area contributed by atoms with Crippen LogP contribution in [0.3, 0.4) is 0 Å². The van der Waals surface area contributed by atoms with Crippen molar-refractivity contribution < 1.29 is 0 Å². The van der Waals surface area contributed by atoms with Gasteiger partial charge in [0.05, 0.1) is 12.1 Å². The van der Waals surface area contributed by atoms with Crippen molar-refractivity contribution in [1.29, 1.82) is 0 Å². The third-order valence-corrected chi connectivity index (χ3v) is 4.95. The van der Waals surface area contributed by atoms with Crippen LogP contribution in [-0.4, -0.2) is 20.2 Å². The van der Waals surface area contributed by atoms with Crippen LogP contribution >= 0.6 is 11.6 Å². The second-order valence-corrected chi connectivity index (χ2v) is 6.42. The van der Waals surface area contributed by atoms with Gasteiger partial charge in [0.2, 0.25) is 5.95 Å². The summed E-state index contributed by atoms with van der Waals surface area (Å²) in [7, 11) is 0. The van der Waals surface area contributed by atoms with Crippen molar-refractivity contribution in [3.63, 3.8) is 0 Å². The Labute approximate surface area is 145 Å². The van der Waals surface area contributed by atoms with E-state index in [1.165, 1.54) is 11.1 Å². The maximum Gasteiger partial charge on any atom is 0.243 e. The van der Waals surface area contributed by atoms with E-state index in [0.717, 1.165) is 23.4 Å². The summed E-state index contributed by atoms with van der Waals surface area (Å²) in [5.74, 6) is 0.677. The van der Waals surface area contributed by atoms with Gasteiger partial charge in [0.25, 0.3) is 0 Å². The summed E-state index contributed by atoms with van der Waals surface area (Å²) in [6.45, 7) is 2.16. The smallest absolute Gasteiger partial charge is 0.243 e. The molecule has 6 heteroatoms. The SMILES string of the molecule is CCc1ccc([C@@H]2C[C@H](c3ccccc3Cl)n3nnnc3N2)cc1. The molecular weight excluding hydrogens is 322 g/mol. The molecule has 0 fully saturated rings. The largest absolute Gasteiger partial charge is 0.346 e. The summed E-state index contributed by atoms with van der Waals surface area (Å²) >= 11 is 6.42. The Morgan fingerprint density at radius 2 is 1.96 bits per heavy atom. The lowest BCUT2D eigenvalue weighted by molar-refractivity contribution is 0.424. The summed E-state index contributed by atoms with van der Waals surface area (Å²) in [4.78, 5) is 0. The van der Waals surface area contributed by atoms with Gasteiger partial charge >= 0.3 is 0 Å². The maximum atomic E-state index is 6.42. The number of aromatic nitrogens is 4. The molecule has 1 N–H and O–H groups in total. The number of benzene rings is 2. The number of aryl methyl sites for hydroxylation is 1. The Bertz CT molecular complexity index is 843. The minimum absolute atomic E-state index is 0.0146. The van der Waals surface area contributed by atoms with Crippen LogP contribution in [0.25, 0.3) is 0 Å². The van der Waals surface area contributed by atoms with E-state index in [2.05, 4.69) is 52.0 Å². The van der Waals surface area contributed by atoms with Crippen LogP contribution < -0.4 is 5.32 Å². The van der Waals surface area contributed by atoms with Gasteiger partial charge in [-0.1, -0.05) is 66.1 Å². The minimum Gasteiger partial charge on any atom is -0.346 e. The molecular formula is C18H18ClN5. The summed E-state index contributed by atoms with van der Waals surface area (Å²) < 4.78 is 1.82. The third kappa shape index (κ3) is 2.65. The van der Waals surface area contributed by atoms with Crippen molar-refractivity contribution in [3.8, 4) is 0 Å². The van der Waals surface area contributed by atoms with Crippen molar-refractivity contribution in [2.75, 3.05) is 5.32 Å². The molecule has 2 atom stereocenters. The van der Waals surface area contributed by atoms with Gasteiger partial charge in [-0.15, -0.1) is 0 Å². The molecule has 3 aromatic rings. The molecule has 122 valence electrons. The van der Waals surface area contributed by atoms with E-state index in [0.29, 0.717) is 5.95 Å². The van der Waals surface area contributed by atoms with Crippen molar-refractivity contribution in [1.82, 2.24) is 20.2 Å². The van der Waals surface area contributed by atoms with E-state index in [4.69, 9.17) is 11.6 Å². The molecule has 0 bridgehead atoms. The van der Waals surface area contributed by atoms with Gasteiger partial charge in [0, 0.05) is 5.02 Å². The van der Waals surface area contributed by atoms with Gasteiger partial charge in [-0.25, -0.2) is 4.68 Å². The second kappa shape index (κ2) is 6.24. The monoisotopic (exact) mass is 339 g/mol. The zero-order valence-electron chi connectivity index (χ0n) is 13.4. The normalized spacial score (nSPS) is 19.6. The zero-order chi connectivity index (χ0) is 16.5. The van der Waals surface area contributed by atoms with E-state index in [-0.39, 0.29) is 12.1 Å². The average Bonchev–Trinajstić information content (AvgIpc) is 3.10. The number of halogens is 1. The minimum atomic E-state index is 0.0146. The lowest BCUT2D eigenvalue weighted by Crippen LogP contribution is -2.28. The predicted octanol–water partition coefficient (Wildman–Crippen LogP) is 4.04.